The summed E-state index contributed by atoms with van der Waals surface area (Å²) in [5.74, 6) is 1.96. The Morgan fingerprint density at radius 2 is 1.79 bits per heavy atom. The van der Waals surface area contributed by atoms with Gasteiger partial charge in [-0.25, -0.2) is 4.68 Å². The van der Waals surface area contributed by atoms with Gasteiger partial charge in [-0.05, 0) is 36.4 Å². The monoisotopic (exact) mass is 367 g/mol. The fourth-order valence-electron chi connectivity index (χ4n) is 3.05. The second-order valence-electron chi connectivity index (χ2n) is 6.17. The van der Waals surface area contributed by atoms with Gasteiger partial charge in [-0.2, -0.15) is 5.26 Å². The van der Waals surface area contributed by atoms with E-state index in [9.17, 15) is 5.26 Å². The lowest BCUT2D eigenvalue weighted by Crippen LogP contribution is -2.04. The van der Waals surface area contributed by atoms with Crippen molar-refractivity contribution < 1.29 is 4.42 Å². The maximum Gasteiger partial charge on any atom is 0.160 e. The standard InChI is InChI=1S/C20H13N7O/c21-11-14-5-1-2-6-15(14)17-8-9-18(28-17)16-12-26(25-22-16)13-20-24-23-19-7-3-4-10-27(19)20/h1-10,12H,13H2. The van der Waals surface area contributed by atoms with Gasteiger partial charge in [0.25, 0.3) is 0 Å². The second kappa shape index (κ2) is 6.48. The van der Waals surface area contributed by atoms with Crippen LogP contribution >= 0.6 is 0 Å². The molecule has 0 saturated carbocycles. The molecule has 0 unspecified atom stereocenters. The number of furan rings is 1. The summed E-state index contributed by atoms with van der Waals surface area (Å²) in [4.78, 5) is 0. The molecule has 1 aromatic carbocycles. The van der Waals surface area contributed by atoms with E-state index in [0.717, 1.165) is 17.0 Å². The zero-order valence-electron chi connectivity index (χ0n) is 14.6. The van der Waals surface area contributed by atoms with Gasteiger partial charge >= 0.3 is 0 Å². The number of nitrogens with zero attached hydrogens (tertiary/aromatic N) is 7. The SMILES string of the molecule is N#Cc1ccccc1-c1ccc(-c2cn(Cc3nnc4ccccn34)nn2)o1. The zero-order chi connectivity index (χ0) is 18.9. The van der Waals surface area contributed by atoms with E-state index in [4.69, 9.17) is 4.42 Å². The number of rotatable bonds is 4. The Balaban J connectivity index is 1.43. The van der Waals surface area contributed by atoms with Crippen molar-refractivity contribution in [3.8, 4) is 28.8 Å². The number of hydrogen-bond acceptors (Lipinski definition) is 6. The summed E-state index contributed by atoms with van der Waals surface area (Å²) >= 11 is 0. The van der Waals surface area contributed by atoms with Crippen molar-refractivity contribution in [2.24, 2.45) is 0 Å². The Labute approximate surface area is 159 Å². The molecule has 0 radical (unpaired) electrons. The van der Waals surface area contributed by atoms with Crippen LogP contribution in [0.5, 0.6) is 0 Å². The minimum Gasteiger partial charge on any atom is -0.454 e. The van der Waals surface area contributed by atoms with Crippen LogP contribution in [-0.2, 0) is 6.54 Å². The number of hydrogen-bond donors (Lipinski definition) is 0. The fourth-order valence-corrected chi connectivity index (χ4v) is 3.05. The van der Waals surface area contributed by atoms with E-state index >= 15 is 0 Å². The first-order valence-corrected chi connectivity index (χ1v) is 8.60. The molecule has 0 saturated heterocycles. The third kappa shape index (κ3) is 2.71. The third-order valence-corrected chi connectivity index (χ3v) is 4.40. The quantitative estimate of drug-likeness (QED) is 0.484. The minimum atomic E-state index is 0.434. The van der Waals surface area contributed by atoms with Gasteiger partial charge in [-0.15, -0.1) is 15.3 Å². The number of aromatic nitrogens is 6. The number of pyridine rings is 1. The van der Waals surface area contributed by atoms with Crippen LogP contribution in [0.4, 0.5) is 0 Å². The van der Waals surface area contributed by atoms with E-state index in [0.29, 0.717) is 29.3 Å². The highest BCUT2D eigenvalue weighted by Crippen LogP contribution is 2.29. The molecule has 0 atom stereocenters. The topological polar surface area (TPSA) is 97.8 Å². The first-order valence-electron chi connectivity index (χ1n) is 8.60. The molecule has 28 heavy (non-hydrogen) atoms. The molecular weight excluding hydrogens is 354 g/mol. The summed E-state index contributed by atoms with van der Waals surface area (Å²) in [5, 5.41) is 26.0. The van der Waals surface area contributed by atoms with Crippen molar-refractivity contribution in [3.63, 3.8) is 0 Å². The molecule has 0 spiro atoms. The molecule has 0 aliphatic heterocycles. The Morgan fingerprint density at radius 1 is 0.929 bits per heavy atom. The average Bonchev–Trinajstić information content (AvgIpc) is 3.48. The maximum absolute atomic E-state index is 9.27. The molecule has 8 nitrogen and oxygen atoms in total. The summed E-state index contributed by atoms with van der Waals surface area (Å²) in [6, 6.07) is 18.9. The van der Waals surface area contributed by atoms with Crippen LogP contribution < -0.4 is 0 Å². The van der Waals surface area contributed by atoms with Crippen LogP contribution in [0, 0.1) is 11.3 Å². The predicted octanol–water partition coefficient (Wildman–Crippen LogP) is 3.17. The summed E-state index contributed by atoms with van der Waals surface area (Å²) in [5.41, 5.74) is 2.70. The number of fused-ring (bicyclic) bond motifs is 1. The molecule has 0 bridgehead atoms. The lowest BCUT2D eigenvalue weighted by Gasteiger charge is -1.99. The van der Waals surface area contributed by atoms with E-state index in [-0.39, 0.29) is 0 Å². The molecule has 5 rings (SSSR count). The first-order chi connectivity index (χ1) is 13.8. The number of benzene rings is 1. The molecule has 5 aromatic rings. The lowest BCUT2D eigenvalue weighted by molar-refractivity contribution is 0.594. The maximum atomic E-state index is 9.27. The van der Waals surface area contributed by atoms with E-state index in [1.54, 1.807) is 16.9 Å². The van der Waals surface area contributed by atoms with Gasteiger partial charge in [-0.1, -0.05) is 23.4 Å². The van der Waals surface area contributed by atoms with Crippen LogP contribution in [0.2, 0.25) is 0 Å². The lowest BCUT2D eigenvalue weighted by atomic mass is 10.1. The summed E-state index contributed by atoms with van der Waals surface area (Å²) in [6.07, 6.45) is 3.71. The van der Waals surface area contributed by atoms with Gasteiger partial charge in [0.2, 0.25) is 0 Å². The highest BCUT2D eigenvalue weighted by Gasteiger charge is 2.14. The Hall–Kier alpha value is -4.25. The number of nitriles is 1. The molecule has 4 aromatic heterocycles. The van der Waals surface area contributed by atoms with Gasteiger partial charge in [0.05, 0.1) is 17.8 Å². The van der Waals surface area contributed by atoms with Crippen LogP contribution in [0.1, 0.15) is 11.4 Å². The smallest absolute Gasteiger partial charge is 0.160 e. The molecule has 0 N–H and O–H groups in total. The Morgan fingerprint density at radius 3 is 2.71 bits per heavy atom. The molecule has 134 valence electrons. The predicted molar refractivity (Wildman–Crippen MR) is 100.0 cm³/mol. The molecular formula is C20H13N7O. The van der Waals surface area contributed by atoms with Crippen molar-refractivity contribution >= 4 is 5.65 Å². The minimum absolute atomic E-state index is 0.434. The zero-order valence-corrected chi connectivity index (χ0v) is 14.6. The van der Waals surface area contributed by atoms with Crippen molar-refractivity contribution in [2.45, 2.75) is 6.54 Å². The molecule has 0 aliphatic rings. The van der Waals surface area contributed by atoms with E-state index in [1.807, 2.05) is 59.1 Å². The van der Waals surface area contributed by atoms with Gasteiger partial charge in [0, 0.05) is 11.8 Å². The highest BCUT2D eigenvalue weighted by atomic mass is 16.3. The van der Waals surface area contributed by atoms with Crippen LogP contribution in [0.25, 0.3) is 28.4 Å². The highest BCUT2D eigenvalue weighted by molar-refractivity contribution is 5.68. The summed E-state index contributed by atoms with van der Waals surface area (Å²) < 4.78 is 9.51. The van der Waals surface area contributed by atoms with Crippen molar-refractivity contribution in [3.05, 3.63) is 78.4 Å². The fraction of sp³-hybridized carbons (Fsp3) is 0.0500. The molecule has 0 fully saturated rings. The van der Waals surface area contributed by atoms with Crippen molar-refractivity contribution in [1.29, 1.82) is 5.26 Å². The van der Waals surface area contributed by atoms with Crippen LogP contribution in [-0.4, -0.2) is 29.6 Å². The van der Waals surface area contributed by atoms with E-state index < -0.39 is 0 Å². The first kappa shape index (κ1) is 16.0. The van der Waals surface area contributed by atoms with Gasteiger partial charge in [0.15, 0.2) is 17.2 Å². The largest absolute Gasteiger partial charge is 0.454 e. The molecule has 4 heterocycles. The summed E-state index contributed by atoms with van der Waals surface area (Å²) in [6.45, 7) is 0.434. The van der Waals surface area contributed by atoms with Crippen LogP contribution in [0.15, 0.2) is 71.4 Å². The van der Waals surface area contributed by atoms with Crippen molar-refractivity contribution in [2.75, 3.05) is 0 Å². The van der Waals surface area contributed by atoms with E-state index in [1.165, 1.54) is 0 Å². The van der Waals surface area contributed by atoms with Gasteiger partial charge < -0.3 is 4.42 Å². The Kier molecular flexibility index (Phi) is 3.69. The van der Waals surface area contributed by atoms with Crippen LogP contribution in [0.3, 0.4) is 0 Å². The van der Waals surface area contributed by atoms with Gasteiger partial charge in [-0.3, -0.25) is 4.40 Å². The van der Waals surface area contributed by atoms with E-state index in [2.05, 4.69) is 26.6 Å². The van der Waals surface area contributed by atoms with Gasteiger partial charge in [0.1, 0.15) is 18.0 Å². The molecule has 0 amide bonds. The third-order valence-electron chi connectivity index (χ3n) is 4.40. The molecule has 8 heteroatoms. The normalized spacial score (nSPS) is 11.0. The second-order valence-corrected chi connectivity index (χ2v) is 6.17. The Bertz CT molecular complexity index is 1320. The average molecular weight is 367 g/mol. The summed E-state index contributed by atoms with van der Waals surface area (Å²) in [7, 11) is 0. The molecule has 0 aliphatic carbocycles. The van der Waals surface area contributed by atoms with Crippen molar-refractivity contribution in [1.82, 2.24) is 29.6 Å².